The van der Waals surface area contributed by atoms with Gasteiger partial charge in [-0.05, 0) is 50.7 Å². The summed E-state index contributed by atoms with van der Waals surface area (Å²) in [6.07, 6.45) is 9.43. The number of piperidine rings is 1. The summed E-state index contributed by atoms with van der Waals surface area (Å²) in [5, 5.41) is 4.02. The fraction of sp³-hybridized carbons (Fsp3) is 0.591. The van der Waals surface area contributed by atoms with Gasteiger partial charge in [-0.25, -0.2) is 0 Å². The number of ether oxygens (including phenoxy) is 1. The molecule has 3 aliphatic rings. The molecule has 5 rings (SSSR count). The highest BCUT2D eigenvalue weighted by molar-refractivity contribution is 5.97. The summed E-state index contributed by atoms with van der Waals surface area (Å²) in [5.41, 5.74) is 1.43. The van der Waals surface area contributed by atoms with E-state index in [1.54, 1.807) is 12.4 Å². The molecule has 3 fully saturated rings. The number of amides is 2. The van der Waals surface area contributed by atoms with Crippen LogP contribution in [0, 0.1) is 11.8 Å². The van der Waals surface area contributed by atoms with Crippen molar-refractivity contribution in [2.24, 2.45) is 11.8 Å². The van der Waals surface area contributed by atoms with Crippen molar-refractivity contribution in [3.8, 4) is 0 Å². The Morgan fingerprint density at radius 1 is 1.31 bits per heavy atom. The summed E-state index contributed by atoms with van der Waals surface area (Å²) in [5.74, 6) is 0.669. The van der Waals surface area contributed by atoms with Gasteiger partial charge in [0.1, 0.15) is 5.69 Å². The first-order valence-corrected chi connectivity index (χ1v) is 10.8. The van der Waals surface area contributed by atoms with Crippen molar-refractivity contribution in [2.75, 3.05) is 26.3 Å². The smallest absolute Gasteiger partial charge is 0.267 e. The number of aromatic amines is 1. The third-order valence-corrected chi connectivity index (χ3v) is 6.99. The van der Waals surface area contributed by atoms with Crippen molar-refractivity contribution in [1.82, 2.24) is 20.2 Å². The molecule has 2 saturated heterocycles. The van der Waals surface area contributed by atoms with Crippen molar-refractivity contribution in [3.05, 3.63) is 30.2 Å². The first kappa shape index (κ1) is 18.6. The average molecular weight is 396 g/mol. The van der Waals surface area contributed by atoms with E-state index in [9.17, 15) is 9.59 Å². The molecule has 1 spiro atoms. The average Bonchev–Trinajstić information content (AvgIpc) is 3.25. The van der Waals surface area contributed by atoms with Crippen LogP contribution < -0.4 is 5.32 Å². The molecule has 1 aliphatic carbocycles. The zero-order chi connectivity index (χ0) is 19.8. The number of hydrogen-bond donors (Lipinski definition) is 2. The zero-order valence-electron chi connectivity index (χ0n) is 16.7. The number of aromatic nitrogens is 2. The van der Waals surface area contributed by atoms with E-state index >= 15 is 0 Å². The zero-order valence-corrected chi connectivity index (χ0v) is 16.7. The summed E-state index contributed by atoms with van der Waals surface area (Å²) >= 11 is 0. The van der Waals surface area contributed by atoms with Gasteiger partial charge < -0.3 is 19.9 Å². The van der Waals surface area contributed by atoms with Gasteiger partial charge in [0.05, 0.1) is 0 Å². The number of fused-ring (bicyclic) bond motifs is 1. The lowest BCUT2D eigenvalue weighted by Gasteiger charge is -2.40. The van der Waals surface area contributed by atoms with Crippen LogP contribution in [0.15, 0.2) is 24.5 Å². The van der Waals surface area contributed by atoms with E-state index in [1.807, 2.05) is 12.1 Å². The third-order valence-electron chi connectivity index (χ3n) is 6.99. The summed E-state index contributed by atoms with van der Waals surface area (Å²) in [4.78, 5) is 35.2. The van der Waals surface area contributed by atoms with Gasteiger partial charge in [0.15, 0.2) is 0 Å². The second kappa shape index (κ2) is 7.44. The molecule has 2 aromatic heterocycles. The van der Waals surface area contributed by atoms with Gasteiger partial charge in [-0.1, -0.05) is 0 Å². The van der Waals surface area contributed by atoms with Gasteiger partial charge in [-0.2, -0.15) is 0 Å². The molecule has 2 amide bonds. The predicted molar refractivity (Wildman–Crippen MR) is 108 cm³/mol. The third kappa shape index (κ3) is 3.41. The number of rotatable bonds is 4. The number of nitrogens with one attached hydrogen (secondary N) is 2. The molecule has 154 valence electrons. The molecule has 2 atom stereocenters. The first-order chi connectivity index (χ1) is 14.2. The maximum Gasteiger partial charge on any atom is 0.267 e. The normalized spacial score (nSPS) is 27.3. The van der Waals surface area contributed by atoms with Crippen LogP contribution in [0.1, 0.15) is 49.0 Å². The minimum Gasteiger partial charge on any atom is -0.381 e. The van der Waals surface area contributed by atoms with E-state index in [1.165, 1.54) is 0 Å². The number of H-pyrrole nitrogens is 1. The molecule has 2 aliphatic heterocycles. The second-order valence-corrected chi connectivity index (χ2v) is 8.69. The highest BCUT2D eigenvalue weighted by Gasteiger charge is 2.60. The fourth-order valence-corrected chi connectivity index (χ4v) is 5.23. The van der Waals surface area contributed by atoms with E-state index in [4.69, 9.17) is 4.74 Å². The Bertz CT molecular complexity index is 887. The molecule has 7 nitrogen and oxygen atoms in total. The predicted octanol–water partition coefficient (Wildman–Crippen LogP) is 2.49. The summed E-state index contributed by atoms with van der Waals surface area (Å²) < 4.78 is 5.43. The van der Waals surface area contributed by atoms with Crippen molar-refractivity contribution in [1.29, 1.82) is 0 Å². The Labute approximate surface area is 170 Å². The Kier molecular flexibility index (Phi) is 4.78. The van der Waals surface area contributed by atoms with E-state index in [0.717, 1.165) is 56.0 Å². The summed E-state index contributed by atoms with van der Waals surface area (Å²) in [6.45, 7) is 2.85. The van der Waals surface area contributed by atoms with Crippen molar-refractivity contribution in [3.63, 3.8) is 0 Å². The molecule has 7 heteroatoms. The highest BCUT2D eigenvalue weighted by atomic mass is 16.5. The number of carbonyl (C=O) groups is 2. The van der Waals surface area contributed by atoms with Crippen LogP contribution in [-0.2, 0) is 9.53 Å². The Morgan fingerprint density at radius 3 is 3.00 bits per heavy atom. The Balaban J connectivity index is 1.23. The summed E-state index contributed by atoms with van der Waals surface area (Å²) in [6, 6.07) is 3.70. The van der Waals surface area contributed by atoms with Crippen molar-refractivity contribution in [2.45, 2.75) is 44.1 Å². The minimum absolute atomic E-state index is 0.0364. The number of pyridine rings is 1. The monoisotopic (exact) mass is 396 g/mol. The van der Waals surface area contributed by atoms with Crippen molar-refractivity contribution < 1.29 is 14.3 Å². The van der Waals surface area contributed by atoms with Gasteiger partial charge in [0.2, 0.25) is 5.91 Å². The van der Waals surface area contributed by atoms with Gasteiger partial charge in [0, 0.05) is 67.0 Å². The van der Waals surface area contributed by atoms with Gasteiger partial charge in [-0.3, -0.25) is 14.6 Å². The molecule has 2 unspecified atom stereocenters. The molecule has 4 heterocycles. The van der Waals surface area contributed by atoms with Gasteiger partial charge >= 0.3 is 0 Å². The Morgan fingerprint density at radius 2 is 2.17 bits per heavy atom. The molecular weight excluding hydrogens is 368 g/mol. The maximum atomic E-state index is 13.2. The number of nitrogens with zero attached hydrogens (tertiary/aromatic N) is 2. The SMILES string of the molecule is O=C(NCC1CC12CCCCN2C(=O)C1CCOCC1)c1cc2cnccc2[nH]1. The fourth-order valence-electron chi connectivity index (χ4n) is 5.23. The van der Waals surface area contributed by atoms with Crippen LogP contribution in [0.3, 0.4) is 0 Å². The molecule has 2 aromatic rings. The maximum absolute atomic E-state index is 13.2. The van der Waals surface area contributed by atoms with Gasteiger partial charge in [0.25, 0.3) is 5.91 Å². The lowest BCUT2D eigenvalue weighted by Crippen LogP contribution is -2.50. The van der Waals surface area contributed by atoms with Crippen LogP contribution in [0.25, 0.3) is 10.9 Å². The van der Waals surface area contributed by atoms with E-state index in [-0.39, 0.29) is 17.4 Å². The molecule has 0 aromatic carbocycles. The standard InChI is InChI=1S/C22H28N4O3/c27-20(19-11-16-13-23-7-3-18(16)25-19)24-14-17-12-22(17)6-1-2-8-26(22)21(28)15-4-9-29-10-5-15/h3,7,11,13,15,17,25H,1-2,4-6,8-10,12,14H2,(H,24,27). The van der Waals surface area contributed by atoms with E-state index in [2.05, 4.69) is 20.2 Å². The largest absolute Gasteiger partial charge is 0.381 e. The van der Waals surface area contributed by atoms with Crippen LogP contribution in [0.4, 0.5) is 0 Å². The molecule has 2 N–H and O–H groups in total. The quantitative estimate of drug-likeness (QED) is 0.831. The summed E-state index contributed by atoms with van der Waals surface area (Å²) in [7, 11) is 0. The highest BCUT2D eigenvalue weighted by Crippen LogP contribution is 2.54. The second-order valence-electron chi connectivity index (χ2n) is 8.69. The van der Waals surface area contributed by atoms with Gasteiger partial charge in [-0.15, -0.1) is 0 Å². The van der Waals surface area contributed by atoms with Crippen LogP contribution in [0.5, 0.6) is 0 Å². The number of hydrogen-bond acceptors (Lipinski definition) is 4. The topological polar surface area (TPSA) is 87.3 Å². The van der Waals surface area contributed by atoms with Crippen LogP contribution >= 0.6 is 0 Å². The molecule has 29 heavy (non-hydrogen) atoms. The minimum atomic E-state index is -0.0960. The van der Waals surface area contributed by atoms with Crippen LogP contribution in [-0.4, -0.2) is 58.5 Å². The van der Waals surface area contributed by atoms with E-state index < -0.39 is 0 Å². The molecular formula is C22H28N4O3. The number of likely N-dealkylation sites (tertiary alicyclic amines) is 1. The van der Waals surface area contributed by atoms with Crippen molar-refractivity contribution >= 4 is 22.7 Å². The van der Waals surface area contributed by atoms with E-state index in [0.29, 0.717) is 37.3 Å². The molecule has 1 saturated carbocycles. The lowest BCUT2D eigenvalue weighted by molar-refractivity contribution is -0.143. The Hall–Kier alpha value is -2.41. The lowest BCUT2D eigenvalue weighted by atomic mass is 9.92. The number of carbonyl (C=O) groups excluding carboxylic acids is 2. The first-order valence-electron chi connectivity index (χ1n) is 10.8. The molecule has 0 radical (unpaired) electrons. The molecule has 0 bridgehead atoms. The van der Waals surface area contributed by atoms with Crippen LogP contribution in [0.2, 0.25) is 0 Å².